The van der Waals surface area contributed by atoms with Crippen LogP contribution in [0.25, 0.3) is 0 Å². The third-order valence-electron chi connectivity index (χ3n) is 2.83. The van der Waals surface area contributed by atoms with Gasteiger partial charge in [0.05, 0.1) is 6.61 Å². The summed E-state index contributed by atoms with van der Waals surface area (Å²) >= 11 is 0. The van der Waals surface area contributed by atoms with Crippen LogP contribution in [0.2, 0.25) is 0 Å². The van der Waals surface area contributed by atoms with E-state index < -0.39 is 49.9 Å². The van der Waals surface area contributed by atoms with E-state index in [1.165, 1.54) is 0 Å². The molecule has 19 heavy (non-hydrogen) atoms. The minimum Gasteiger partial charge on any atom is -0.394 e. The zero-order valence-corrected chi connectivity index (χ0v) is 10.4. The first-order valence-corrected chi connectivity index (χ1v) is 6.91. The maximum absolute atomic E-state index is 11.1. The molecule has 1 fully saturated rings. The standard InChI is InChI=1S/C8H14N3O7P/c9-6-8(19(15,16)17)11-7(10-6)5-4(14)3(13)2(1-12)18-5/h2-5,12-14H,1,9H2,(H,10,11)(H2,15,16,17)/t2-,3-,4-,5?/m1/s1. The van der Waals surface area contributed by atoms with Crippen molar-refractivity contribution < 1.29 is 34.4 Å². The van der Waals surface area contributed by atoms with E-state index in [1.807, 2.05) is 0 Å². The number of hydrogen-bond donors (Lipinski definition) is 7. The molecule has 2 heterocycles. The fraction of sp³-hybridized carbons (Fsp3) is 0.625. The molecule has 1 aliphatic heterocycles. The summed E-state index contributed by atoms with van der Waals surface area (Å²) < 4.78 is 16.2. The molecule has 8 N–H and O–H groups in total. The molecular weight excluding hydrogens is 281 g/mol. The fourth-order valence-electron chi connectivity index (χ4n) is 1.88. The van der Waals surface area contributed by atoms with Crippen LogP contribution in [0.15, 0.2) is 0 Å². The van der Waals surface area contributed by atoms with Gasteiger partial charge in [0.15, 0.2) is 11.3 Å². The van der Waals surface area contributed by atoms with Crippen molar-refractivity contribution in [2.75, 3.05) is 12.3 Å². The lowest BCUT2D eigenvalue weighted by atomic mass is 10.1. The maximum atomic E-state index is 11.1. The first-order valence-electron chi connectivity index (χ1n) is 5.29. The first kappa shape index (κ1) is 14.4. The number of imidazole rings is 1. The highest BCUT2D eigenvalue weighted by atomic mass is 31.2. The number of hydrogen-bond acceptors (Lipinski definition) is 7. The summed E-state index contributed by atoms with van der Waals surface area (Å²) in [5.74, 6) is -0.542. The van der Waals surface area contributed by atoms with Gasteiger partial charge in [-0.25, -0.2) is 4.98 Å². The van der Waals surface area contributed by atoms with Crippen LogP contribution >= 0.6 is 7.60 Å². The van der Waals surface area contributed by atoms with Gasteiger partial charge in [-0.05, 0) is 0 Å². The van der Waals surface area contributed by atoms with Gasteiger partial charge in [0.2, 0.25) is 0 Å². The molecule has 0 bridgehead atoms. The minimum atomic E-state index is -4.62. The molecule has 108 valence electrons. The Balaban J connectivity index is 2.31. The van der Waals surface area contributed by atoms with E-state index in [1.54, 1.807) is 0 Å². The van der Waals surface area contributed by atoms with Gasteiger partial charge < -0.3 is 40.6 Å². The van der Waals surface area contributed by atoms with E-state index in [2.05, 4.69) is 9.97 Å². The molecule has 1 saturated heterocycles. The summed E-state index contributed by atoms with van der Waals surface area (Å²) in [7, 11) is -4.62. The number of aromatic amines is 1. The molecule has 1 unspecified atom stereocenters. The molecule has 0 radical (unpaired) electrons. The van der Waals surface area contributed by atoms with Crippen molar-refractivity contribution in [3.8, 4) is 0 Å². The monoisotopic (exact) mass is 295 g/mol. The lowest BCUT2D eigenvalue weighted by molar-refractivity contribution is -0.0250. The molecular formula is C8H14N3O7P. The van der Waals surface area contributed by atoms with Gasteiger partial charge in [0.25, 0.3) is 0 Å². The topological polar surface area (TPSA) is 182 Å². The predicted molar refractivity (Wildman–Crippen MR) is 61.4 cm³/mol. The molecule has 4 atom stereocenters. The fourth-order valence-corrected chi connectivity index (χ4v) is 2.49. The Labute approximate surface area is 107 Å². The number of nitrogen functional groups attached to an aromatic ring is 1. The van der Waals surface area contributed by atoms with Crippen molar-refractivity contribution in [2.24, 2.45) is 0 Å². The molecule has 0 spiro atoms. The second-order valence-electron chi connectivity index (χ2n) is 4.16. The van der Waals surface area contributed by atoms with Crippen molar-refractivity contribution in [1.29, 1.82) is 0 Å². The molecule has 0 aliphatic carbocycles. The lowest BCUT2D eigenvalue weighted by Crippen LogP contribution is -2.32. The average Bonchev–Trinajstić information content (AvgIpc) is 2.82. The average molecular weight is 295 g/mol. The Hall–Kier alpha value is -1.00. The molecule has 11 heteroatoms. The number of aromatic nitrogens is 2. The number of nitrogens with one attached hydrogen (secondary N) is 1. The molecule has 1 aromatic heterocycles. The molecule has 1 aromatic rings. The van der Waals surface area contributed by atoms with Crippen LogP contribution in [0.1, 0.15) is 11.9 Å². The number of anilines is 1. The van der Waals surface area contributed by atoms with E-state index in [4.69, 9.17) is 25.4 Å². The summed E-state index contributed by atoms with van der Waals surface area (Å²) in [5, 5.41) is 28.2. The van der Waals surface area contributed by atoms with Gasteiger partial charge in [0, 0.05) is 0 Å². The minimum absolute atomic E-state index is 0.127. The zero-order valence-electron chi connectivity index (χ0n) is 9.54. The lowest BCUT2D eigenvalue weighted by Gasteiger charge is -2.11. The van der Waals surface area contributed by atoms with Crippen LogP contribution in [0.4, 0.5) is 5.82 Å². The number of nitrogens with zero attached hydrogens (tertiary/aromatic N) is 1. The molecule has 0 amide bonds. The van der Waals surface area contributed by atoms with Gasteiger partial charge in [-0.15, -0.1) is 0 Å². The Morgan fingerprint density at radius 3 is 2.42 bits per heavy atom. The highest BCUT2D eigenvalue weighted by Crippen LogP contribution is 2.37. The molecule has 10 nitrogen and oxygen atoms in total. The van der Waals surface area contributed by atoms with Crippen molar-refractivity contribution >= 4 is 18.8 Å². The van der Waals surface area contributed by atoms with Gasteiger partial charge in [-0.1, -0.05) is 0 Å². The summed E-state index contributed by atoms with van der Waals surface area (Å²) in [6.45, 7) is -0.518. The van der Waals surface area contributed by atoms with Crippen molar-refractivity contribution in [1.82, 2.24) is 9.97 Å². The predicted octanol–water partition coefficient (Wildman–Crippen LogP) is -3.05. The number of H-pyrrole nitrogens is 1. The van der Waals surface area contributed by atoms with E-state index in [9.17, 15) is 14.8 Å². The van der Waals surface area contributed by atoms with E-state index in [-0.39, 0.29) is 5.82 Å². The van der Waals surface area contributed by atoms with Crippen molar-refractivity contribution in [3.05, 3.63) is 5.82 Å². The Morgan fingerprint density at radius 2 is 2.00 bits per heavy atom. The largest absolute Gasteiger partial charge is 0.394 e. The smallest absolute Gasteiger partial charge is 0.376 e. The van der Waals surface area contributed by atoms with Crippen molar-refractivity contribution in [3.63, 3.8) is 0 Å². The van der Waals surface area contributed by atoms with Crippen LogP contribution in [0.5, 0.6) is 0 Å². The van der Waals surface area contributed by atoms with Crippen LogP contribution in [0, 0.1) is 0 Å². The van der Waals surface area contributed by atoms with Crippen LogP contribution in [-0.4, -0.2) is 60.0 Å². The molecule has 0 saturated carbocycles. The van der Waals surface area contributed by atoms with Gasteiger partial charge in [0.1, 0.15) is 30.2 Å². The number of rotatable bonds is 3. The van der Waals surface area contributed by atoms with Crippen molar-refractivity contribution in [2.45, 2.75) is 24.4 Å². The second kappa shape index (κ2) is 4.84. The highest BCUT2D eigenvalue weighted by molar-refractivity contribution is 7.60. The number of aliphatic hydroxyl groups excluding tert-OH is 3. The Bertz CT molecular complexity index is 514. The second-order valence-corrected chi connectivity index (χ2v) is 5.69. The number of nitrogens with two attached hydrogens (primary N) is 1. The van der Waals surface area contributed by atoms with Gasteiger partial charge in [-0.3, -0.25) is 4.57 Å². The normalized spacial score (nSPS) is 31.8. The molecule has 0 aromatic carbocycles. The molecule has 2 rings (SSSR count). The summed E-state index contributed by atoms with van der Waals surface area (Å²) in [6.07, 6.45) is -4.90. The van der Waals surface area contributed by atoms with E-state index in [0.29, 0.717) is 0 Å². The summed E-state index contributed by atoms with van der Waals surface area (Å²) in [6, 6.07) is 0. The van der Waals surface area contributed by atoms with Crippen LogP contribution in [0.3, 0.4) is 0 Å². The first-order chi connectivity index (χ1) is 8.75. The third kappa shape index (κ3) is 2.51. The SMILES string of the molecule is Nc1nc(C2O[C@H](CO)[C@@H](O)[C@H]2O)[nH]c1P(=O)(O)O. The van der Waals surface area contributed by atoms with Gasteiger partial charge >= 0.3 is 7.60 Å². The Kier molecular flexibility index (Phi) is 3.67. The third-order valence-corrected chi connectivity index (χ3v) is 3.76. The maximum Gasteiger partial charge on any atom is 0.376 e. The van der Waals surface area contributed by atoms with E-state index >= 15 is 0 Å². The van der Waals surface area contributed by atoms with Crippen LogP contribution in [-0.2, 0) is 9.30 Å². The quantitative estimate of drug-likeness (QED) is 0.285. The number of aliphatic hydroxyl groups is 3. The van der Waals surface area contributed by atoms with Crippen LogP contribution < -0.4 is 11.2 Å². The highest BCUT2D eigenvalue weighted by Gasteiger charge is 2.45. The zero-order chi connectivity index (χ0) is 14.4. The number of ether oxygens (including phenoxy) is 1. The summed E-state index contributed by atoms with van der Waals surface area (Å²) in [5.41, 5.74) is 4.78. The molecule has 1 aliphatic rings. The summed E-state index contributed by atoms with van der Waals surface area (Å²) in [4.78, 5) is 24.0. The van der Waals surface area contributed by atoms with E-state index in [0.717, 1.165) is 0 Å². The Morgan fingerprint density at radius 1 is 1.37 bits per heavy atom. The van der Waals surface area contributed by atoms with Gasteiger partial charge in [-0.2, -0.15) is 0 Å².